The summed E-state index contributed by atoms with van der Waals surface area (Å²) in [5, 5.41) is 25.6. The smallest absolute Gasteiger partial charge is 0.550 e. The van der Waals surface area contributed by atoms with Crippen LogP contribution in [0, 0.1) is 5.41 Å². The maximum absolute atomic E-state index is 9.61. The van der Waals surface area contributed by atoms with Gasteiger partial charge in [0.15, 0.2) is 0 Å². The zero-order valence-electron chi connectivity index (χ0n) is 6.34. The molecule has 0 atom stereocenters. The fourth-order valence-electron chi connectivity index (χ4n) is 0.217. The molecule has 5 nitrogen and oxygen atoms in total. The van der Waals surface area contributed by atoms with E-state index >= 15 is 0 Å². The number of carboxylic acid groups (broad SMARTS) is 2. The predicted molar refractivity (Wildman–Crippen MR) is 22.4 cm³/mol. The van der Waals surface area contributed by atoms with Crippen LogP contribution in [0.25, 0.3) is 0 Å². The van der Waals surface area contributed by atoms with Crippen molar-refractivity contribution in [1.29, 1.82) is 5.41 Å². The number of carboxylic acids is 2. The van der Waals surface area contributed by atoms with Gasteiger partial charge >= 0.3 is 59.1 Å². The first-order chi connectivity index (χ1) is 4.04. The first-order valence-corrected chi connectivity index (χ1v) is 2.02. The Morgan fingerprint density at radius 2 is 1.55 bits per heavy atom. The van der Waals surface area contributed by atoms with Gasteiger partial charge in [0.2, 0.25) is 0 Å². The van der Waals surface area contributed by atoms with Crippen molar-refractivity contribution in [1.82, 2.24) is 0 Å². The zero-order valence-corrected chi connectivity index (χ0v) is 10.3. The molecule has 11 heavy (non-hydrogen) atoms. The molecule has 0 aromatic carbocycles. The van der Waals surface area contributed by atoms with Crippen LogP contribution in [0.5, 0.6) is 0 Å². The maximum atomic E-state index is 9.61. The molecular formula is C4H3NNa2O4. The number of carbonyl (C=O) groups excluding carboxylic acids is 2. The number of hydrogen-bond donors (Lipinski definition) is 1. The minimum absolute atomic E-state index is 0. The van der Waals surface area contributed by atoms with Gasteiger partial charge in [0, 0.05) is 12.4 Å². The summed E-state index contributed by atoms with van der Waals surface area (Å²) in [5.74, 6) is -3.37. The average Bonchev–Trinajstić information content (AvgIpc) is 1.63. The molecule has 0 saturated carbocycles. The summed E-state index contributed by atoms with van der Waals surface area (Å²) in [7, 11) is 0. The van der Waals surface area contributed by atoms with Gasteiger partial charge in [-0.25, -0.2) is 0 Å². The molecule has 0 heterocycles. The van der Waals surface area contributed by atoms with Crippen LogP contribution in [0.2, 0.25) is 0 Å². The Bertz CT molecular complexity index is 169. The van der Waals surface area contributed by atoms with Crippen molar-refractivity contribution in [3.63, 3.8) is 0 Å². The van der Waals surface area contributed by atoms with Crippen LogP contribution in [0.15, 0.2) is 0 Å². The average molecular weight is 175 g/mol. The van der Waals surface area contributed by atoms with Gasteiger partial charge in [0.25, 0.3) is 0 Å². The third-order valence-electron chi connectivity index (χ3n) is 0.568. The van der Waals surface area contributed by atoms with E-state index in [4.69, 9.17) is 5.41 Å². The molecule has 0 aliphatic rings. The van der Waals surface area contributed by atoms with Gasteiger partial charge in [-0.2, -0.15) is 0 Å². The Labute approximate surface area is 107 Å². The molecule has 0 aromatic rings. The molecule has 50 valence electrons. The van der Waals surface area contributed by atoms with E-state index in [1.165, 1.54) is 0 Å². The number of hydrogen-bond acceptors (Lipinski definition) is 5. The van der Waals surface area contributed by atoms with Gasteiger partial charge in [-0.3, -0.25) is 0 Å². The van der Waals surface area contributed by atoms with Gasteiger partial charge in [-0.1, -0.05) is 0 Å². The zero-order chi connectivity index (χ0) is 7.44. The molecule has 0 aromatic heterocycles. The van der Waals surface area contributed by atoms with E-state index < -0.39 is 24.1 Å². The van der Waals surface area contributed by atoms with Gasteiger partial charge in [-0.05, 0) is 0 Å². The summed E-state index contributed by atoms with van der Waals surface area (Å²) in [5.41, 5.74) is -0.977. The van der Waals surface area contributed by atoms with Crippen molar-refractivity contribution in [2.45, 2.75) is 6.42 Å². The molecular weight excluding hydrogens is 172 g/mol. The Balaban J connectivity index is -0.000000320. The monoisotopic (exact) mass is 175 g/mol. The van der Waals surface area contributed by atoms with Crippen LogP contribution in [0.1, 0.15) is 6.42 Å². The Morgan fingerprint density at radius 1 is 1.18 bits per heavy atom. The fraction of sp³-hybridized carbons (Fsp3) is 0.250. The summed E-state index contributed by atoms with van der Waals surface area (Å²) in [6.07, 6.45) is -0.900. The van der Waals surface area contributed by atoms with Crippen LogP contribution >= 0.6 is 0 Å². The largest absolute Gasteiger partial charge is 1.00 e. The summed E-state index contributed by atoms with van der Waals surface area (Å²) in [6, 6.07) is 0. The SMILES string of the molecule is N=C(CC(=O)[O-])C(=O)[O-].[Na+].[Na+]. The van der Waals surface area contributed by atoms with E-state index in [9.17, 15) is 19.8 Å². The van der Waals surface area contributed by atoms with Crippen LogP contribution in [0.4, 0.5) is 0 Å². The molecule has 0 rings (SSSR count). The third-order valence-corrected chi connectivity index (χ3v) is 0.568. The molecule has 0 aliphatic carbocycles. The fourth-order valence-corrected chi connectivity index (χ4v) is 0.217. The van der Waals surface area contributed by atoms with Crippen LogP contribution in [0.3, 0.4) is 0 Å². The Hall–Kier alpha value is 0.610. The summed E-state index contributed by atoms with van der Waals surface area (Å²) >= 11 is 0. The van der Waals surface area contributed by atoms with E-state index in [-0.39, 0.29) is 59.1 Å². The van der Waals surface area contributed by atoms with Gasteiger partial charge in [0.05, 0.1) is 11.7 Å². The Kier molecular flexibility index (Phi) is 14.0. The van der Waals surface area contributed by atoms with Crippen molar-refractivity contribution in [2.75, 3.05) is 0 Å². The van der Waals surface area contributed by atoms with Gasteiger partial charge in [0.1, 0.15) is 0 Å². The van der Waals surface area contributed by atoms with Crippen molar-refractivity contribution in [3.05, 3.63) is 0 Å². The van der Waals surface area contributed by atoms with Crippen molar-refractivity contribution in [2.24, 2.45) is 0 Å². The van der Waals surface area contributed by atoms with E-state index in [0.29, 0.717) is 0 Å². The van der Waals surface area contributed by atoms with Crippen LogP contribution in [-0.4, -0.2) is 17.7 Å². The maximum Gasteiger partial charge on any atom is 1.00 e. The summed E-state index contributed by atoms with van der Waals surface area (Å²) < 4.78 is 0. The molecule has 0 fully saturated rings. The van der Waals surface area contributed by atoms with E-state index in [0.717, 1.165) is 0 Å². The number of rotatable bonds is 3. The van der Waals surface area contributed by atoms with Gasteiger partial charge in [-0.15, -0.1) is 0 Å². The second-order valence-electron chi connectivity index (χ2n) is 1.31. The van der Waals surface area contributed by atoms with Crippen molar-refractivity contribution in [3.8, 4) is 0 Å². The second kappa shape index (κ2) is 8.70. The third kappa shape index (κ3) is 10.6. The predicted octanol–water partition coefficient (Wildman–Crippen LogP) is -9.10. The topological polar surface area (TPSA) is 104 Å². The molecule has 0 radical (unpaired) electrons. The first kappa shape index (κ1) is 17.6. The quantitative estimate of drug-likeness (QED) is 0.339. The first-order valence-electron chi connectivity index (χ1n) is 2.02. The minimum Gasteiger partial charge on any atom is -0.550 e. The van der Waals surface area contributed by atoms with Gasteiger partial charge < -0.3 is 25.2 Å². The van der Waals surface area contributed by atoms with Crippen LogP contribution in [-0.2, 0) is 9.59 Å². The normalized spacial score (nSPS) is 6.91. The molecule has 0 spiro atoms. The van der Waals surface area contributed by atoms with Crippen molar-refractivity contribution < 1.29 is 78.9 Å². The molecule has 0 saturated heterocycles. The summed E-state index contributed by atoms with van der Waals surface area (Å²) in [4.78, 5) is 19.2. The number of carbonyl (C=O) groups is 2. The second-order valence-corrected chi connectivity index (χ2v) is 1.31. The molecule has 0 bridgehead atoms. The molecule has 1 N–H and O–H groups in total. The molecule has 0 amide bonds. The number of aliphatic carboxylic acids is 2. The van der Waals surface area contributed by atoms with E-state index in [1.54, 1.807) is 0 Å². The molecule has 7 heteroatoms. The minimum atomic E-state index is -1.78. The molecule has 0 aliphatic heterocycles. The standard InChI is InChI=1S/C4H5NO4.2Na/c5-2(4(8)9)1-3(6)7;;/h5H,1H2,(H,6,7)(H,8,9);;/q;2*+1/p-2. The summed E-state index contributed by atoms with van der Waals surface area (Å²) in [6.45, 7) is 0. The Morgan fingerprint density at radius 3 is 1.64 bits per heavy atom. The van der Waals surface area contributed by atoms with E-state index in [1.807, 2.05) is 0 Å². The van der Waals surface area contributed by atoms with Crippen LogP contribution < -0.4 is 69.3 Å². The molecule has 0 unspecified atom stereocenters. The number of nitrogens with one attached hydrogen (secondary N) is 1. The van der Waals surface area contributed by atoms with E-state index in [2.05, 4.69) is 0 Å². The van der Waals surface area contributed by atoms with Crippen molar-refractivity contribution >= 4 is 17.7 Å².